The van der Waals surface area contributed by atoms with Crippen LogP contribution in [0.1, 0.15) is 36.3 Å². The first-order valence-corrected chi connectivity index (χ1v) is 9.51. The molecule has 27 heavy (non-hydrogen) atoms. The van der Waals surface area contributed by atoms with E-state index >= 15 is 0 Å². The van der Waals surface area contributed by atoms with Gasteiger partial charge in [-0.25, -0.2) is 4.98 Å². The Bertz CT molecular complexity index is 848. The summed E-state index contributed by atoms with van der Waals surface area (Å²) in [6, 6.07) is 16.1. The predicted octanol–water partition coefficient (Wildman–Crippen LogP) is 3.19. The minimum Gasteiger partial charge on any atom is -0.357 e. The largest absolute Gasteiger partial charge is 0.357 e. The van der Waals surface area contributed by atoms with Gasteiger partial charge < -0.3 is 9.80 Å². The molecule has 0 unspecified atom stereocenters. The number of pyridine rings is 1. The topological polar surface area (TPSA) is 60.2 Å². The molecule has 1 aromatic heterocycles. The highest BCUT2D eigenvalue weighted by molar-refractivity contribution is 5.84. The average Bonchev–Trinajstić information content (AvgIpc) is 2.72. The van der Waals surface area contributed by atoms with Gasteiger partial charge in [0.05, 0.1) is 11.5 Å². The number of nitriles is 1. The van der Waals surface area contributed by atoms with E-state index in [2.05, 4.69) is 28.1 Å². The lowest BCUT2D eigenvalue weighted by Gasteiger charge is -2.49. The van der Waals surface area contributed by atoms with E-state index in [1.807, 2.05) is 42.3 Å². The van der Waals surface area contributed by atoms with E-state index in [1.165, 1.54) is 0 Å². The molecule has 3 heterocycles. The van der Waals surface area contributed by atoms with E-state index in [0.717, 1.165) is 50.3 Å². The second kappa shape index (κ2) is 7.03. The molecule has 5 heteroatoms. The van der Waals surface area contributed by atoms with E-state index in [1.54, 1.807) is 6.20 Å². The van der Waals surface area contributed by atoms with Crippen molar-refractivity contribution in [3.63, 3.8) is 0 Å². The smallest absolute Gasteiger partial charge is 0.229 e. The third kappa shape index (κ3) is 3.40. The second-order valence-corrected chi connectivity index (χ2v) is 7.87. The molecule has 0 radical (unpaired) electrons. The molecule has 2 aliphatic rings. The summed E-state index contributed by atoms with van der Waals surface area (Å²) in [5, 5.41) is 8.93. The Morgan fingerprint density at radius 1 is 1.15 bits per heavy atom. The molecule has 0 aliphatic carbocycles. The van der Waals surface area contributed by atoms with Gasteiger partial charge >= 0.3 is 0 Å². The fourth-order valence-electron chi connectivity index (χ4n) is 4.59. The molecule has 2 aliphatic heterocycles. The van der Waals surface area contributed by atoms with Crippen molar-refractivity contribution in [2.24, 2.45) is 5.41 Å². The van der Waals surface area contributed by atoms with Crippen molar-refractivity contribution in [2.45, 2.75) is 25.2 Å². The molecule has 0 N–H and O–H groups in total. The number of amides is 1. The summed E-state index contributed by atoms with van der Waals surface area (Å²) in [5.41, 5.74) is 1.89. The van der Waals surface area contributed by atoms with Gasteiger partial charge in [-0.3, -0.25) is 4.79 Å². The molecular weight excluding hydrogens is 336 g/mol. The van der Waals surface area contributed by atoms with E-state index in [-0.39, 0.29) is 17.2 Å². The van der Waals surface area contributed by atoms with Gasteiger partial charge in [0, 0.05) is 32.9 Å². The number of hydrogen-bond acceptors (Lipinski definition) is 4. The van der Waals surface area contributed by atoms with Crippen LogP contribution in [0.2, 0.25) is 0 Å². The van der Waals surface area contributed by atoms with Crippen LogP contribution >= 0.6 is 0 Å². The molecule has 5 nitrogen and oxygen atoms in total. The highest BCUT2D eigenvalue weighted by Gasteiger charge is 2.45. The molecule has 1 spiro atoms. The van der Waals surface area contributed by atoms with Crippen molar-refractivity contribution in [1.82, 2.24) is 9.88 Å². The van der Waals surface area contributed by atoms with Gasteiger partial charge in [0.2, 0.25) is 5.91 Å². The van der Waals surface area contributed by atoms with Gasteiger partial charge in [0.15, 0.2) is 0 Å². The lowest BCUT2D eigenvalue weighted by molar-refractivity contribution is -0.138. The number of aromatic nitrogens is 1. The number of likely N-dealkylation sites (tertiary alicyclic amines) is 1. The minimum atomic E-state index is -0.0375. The Labute approximate surface area is 160 Å². The molecule has 0 saturated carbocycles. The van der Waals surface area contributed by atoms with Crippen LogP contribution in [-0.4, -0.2) is 42.5 Å². The van der Waals surface area contributed by atoms with E-state index < -0.39 is 0 Å². The van der Waals surface area contributed by atoms with Crippen LogP contribution in [-0.2, 0) is 4.79 Å². The zero-order chi connectivity index (χ0) is 18.9. The fraction of sp³-hybridized carbons (Fsp3) is 0.409. The van der Waals surface area contributed by atoms with Crippen molar-refractivity contribution >= 4 is 11.7 Å². The Kier molecular flexibility index (Phi) is 4.57. The van der Waals surface area contributed by atoms with Gasteiger partial charge in [0.25, 0.3) is 0 Å². The second-order valence-electron chi connectivity index (χ2n) is 7.87. The molecule has 1 amide bonds. The number of piperidine rings is 2. The molecule has 2 aromatic rings. The highest BCUT2D eigenvalue weighted by atomic mass is 16.2. The zero-order valence-electron chi connectivity index (χ0n) is 15.6. The monoisotopic (exact) mass is 360 g/mol. The van der Waals surface area contributed by atoms with E-state index in [0.29, 0.717) is 5.56 Å². The molecule has 0 bridgehead atoms. The third-order valence-corrected chi connectivity index (χ3v) is 6.11. The number of carbonyl (C=O) groups excluding carboxylic acids is 1. The summed E-state index contributed by atoms with van der Waals surface area (Å²) in [4.78, 5) is 21.4. The van der Waals surface area contributed by atoms with Crippen LogP contribution in [0.3, 0.4) is 0 Å². The Morgan fingerprint density at radius 3 is 2.52 bits per heavy atom. The van der Waals surface area contributed by atoms with Crippen molar-refractivity contribution in [2.75, 3.05) is 31.6 Å². The number of hydrogen-bond donors (Lipinski definition) is 0. The zero-order valence-corrected chi connectivity index (χ0v) is 15.6. The summed E-state index contributed by atoms with van der Waals surface area (Å²) >= 11 is 0. The lowest BCUT2D eigenvalue weighted by atomic mass is 9.68. The fourth-order valence-corrected chi connectivity index (χ4v) is 4.59. The lowest BCUT2D eigenvalue weighted by Crippen LogP contribution is -2.52. The number of carbonyl (C=O) groups is 1. The van der Waals surface area contributed by atoms with Gasteiger partial charge in [-0.05, 0) is 42.4 Å². The summed E-state index contributed by atoms with van der Waals surface area (Å²) in [6.45, 7) is 2.70. The van der Waals surface area contributed by atoms with Gasteiger partial charge in [0.1, 0.15) is 11.9 Å². The number of rotatable bonds is 2. The first kappa shape index (κ1) is 17.5. The molecule has 4 rings (SSSR count). The number of benzene rings is 1. The molecule has 138 valence electrons. The summed E-state index contributed by atoms with van der Waals surface area (Å²) in [7, 11) is 1.94. The molecular formula is C22H24N4O. The maximum atomic E-state index is 12.8. The van der Waals surface area contributed by atoms with E-state index in [9.17, 15) is 4.79 Å². The van der Waals surface area contributed by atoms with Crippen LogP contribution in [0.5, 0.6) is 0 Å². The van der Waals surface area contributed by atoms with Crippen LogP contribution in [0.15, 0.2) is 48.7 Å². The van der Waals surface area contributed by atoms with Crippen LogP contribution < -0.4 is 4.90 Å². The first-order chi connectivity index (χ1) is 13.1. The standard InChI is InChI=1S/C22H24N4O/c1-25-16-22(13-19(21(25)27)18-5-3-2-4-6-18)9-11-26(12-10-22)20-8-7-17(14-23)15-24-20/h2-8,15,19H,9-13,16H2,1H3/t19-/m0/s1. The SMILES string of the molecule is CN1CC2(CCN(c3ccc(C#N)cn3)CC2)C[C@@H](c2ccccc2)C1=O. The average molecular weight is 360 g/mol. The Hall–Kier alpha value is -2.87. The minimum absolute atomic E-state index is 0.0375. The number of anilines is 1. The summed E-state index contributed by atoms with van der Waals surface area (Å²) in [6.07, 6.45) is 4.66. The van der Waals surface area contributed by atoms with Crippen molar-refractivity contribution < 1.29 is 4.79 Å². The predicted molar refractivity (Wildman–Crippen MR) is 104 cm³/mol. The van der Waals surface area contributed by atoms with Crippen molar-refractivity contribution in [3.05, 3.63) is 59.8 Å². The quantitative estimate of drug-likeness (QED) is 0.825. The van der Waals surface area contributed by atoms with Gasteiger partial charge in [-0.15, -0.1) is 0 Å². The highest BCUT2D eigenvalue weighted by Crippen LogP contribution is 2.45. The molecule has 2 saturated heterocycles. The van der Waals surface area contributed by atoms with Crippen LogP contribution in [0.4, 0.5) is 5.82 Å². The van der Waals surface area contributed by atoms with Crippen molar-refractivity contribution in [1.29, 1.82) is 5.26 Å². The number of likely N-dealkylation sites (N-methyl/N-ethyl adjacent to an activating group) is 1. The van der Waals surface area contributed by atoms with Gasteiger partial charge in [-0.1, -0.05) is 30.3 Å². The van der Waals surface area contributed by atoms with E-state index in [4.69, 9.17) is 5.26 Å². The van der Waals surface area contributed by atoms with Gasteiger partial charge in [-0.2, -0.15) is 5.26 Å². The Morgan fingerprint density at radius 2 is 1.89 bits per heavy atom. The molecule has 2 fully saturated rings. The number of nitrogens with zero attached hydrogens (tertiary/aromatic N) is 4. The maximum absolute atomic E-state index is 12.8. The Balaban J connectivity index is 1.49. The maximum Gasteiger partial charge on any atom is 0.229 e. The third-order valence-electron chi connectivity index (χ3n) is 6.11. The normalized spacial score (nSPS) is 21.9. The molecule has 1 aromatic carbocycles. The van der Waals surface area contributed by atoms with Crippen molar-refractivity contribution in [3.8, 4) is 6.07 Å². The summed E-state index contributed by atoms with van der Waals surface area (Å²) in [5.74, 6) is 1.14. The summed E-state index contributed by atoms with van der Waals surface area (Å²) < 4.78 is 0. The molecule has 1 atom stereocenters. The first-order valence-electron chi connectivity index (χ1n) is 9.51. The van der Waals surface area contributed by atoms with Crippen LogP contribution in [0.25, 0.3) is 0 Å². The van der Waals surface area contributed by atoms with Crippen LogP contribution in [0, 0.1) is 16.7 Å².